The van der Waals surface area contributed by atoms with Crippen molar-refractivity contribution in [1.29, 1.82) is 0 Å². The Kier molecular flexibility index (Phi) is 4.97. The Balaban J connectivity index is 2.15. The first-order chi connectivity index (χ1) is 10.8. The van der Waals surface area contributed by atoms with Gasteiger partial charge in [0.05, 0.1) is 5.56 Å². The Morgan fingerprint density at radius 2 is 1.70 bits per heavy atom. The lowest BCUT2D eigenvalue weighted by Gasteiger charge is -2.18. The number of pyridine rings is 1. The molecule has 0 aliphatic carbocycles. The Bertz CT molecular complexity index is 774. The first-order valence-electron chi connectivity index (χ1n) is 6.80. The summed E-state index contributed by atoms with van der Waals surface area (Å²) < 4.78 is 26.2. The van der Waals surface area contributed by atoms with Crippen LogP contribution in [-0.4, -0.2) is 44.8 Å². The maximum absolute atomic E-state index is 11.9. The number of hydrogen-bond acceptors (Lipinski definition) is 5. The van der Waals surface area contributed by atoms with Crippen LogP contribution in [0.2, 0.25) is 0 Å². The lowest BCUT2D eigenvalue weighted by molar-refractivity contribution is 0.0979. The first-order valence-corrected chi connectivity index (χ1v) is 8.24. The van der Waals surface area contributed by atoms with Gasteiger partial charge in [0.25, 0.3) is 5.91 Å². The molecular weight excluding hydrogens is 316 g/mol. The molecule has 1 heterocycles. The Hall–Kier alpha value is -2.45. The number of nitrogens with zero attached hydrogens (tertiary/aromatic N) is 3. The highest BCUT2D eigenvalue weighted by Crippen LogP contribution is 2.20. The topological polar surface area (TPSA) is 82.6 Å². The molecule has 2 aromatic rings. The molecule has 1 aromatic heterocycles. The van der Waals surface area contributed by atoms with E-state index in [-0.39, 0.29) is 5.56 Å². The largest absolute Gasteiger partial charge is 0.329 e. The zero-order chi connectivity index (χ0) is 17.0. The van der Waals surface area contributed by atoms with E-state index in [4.69, 9.17) is 0 Å². The molecule has 0 unspecified atom stereocenters. The average Bonchev–Trinajstić information content (AvgIpc) is 2.54. The molecular formula is C15H18N4O3S. The molecule has 0 atom stereocenters. The van der Waals surface area contributed by atoms with Crippen LogP contribution in [0.5, 0.6) is 0 Å². The van der Waals surface area contributed by atoms with Crippen LogP contribution >= 0.6 is 0 Å². The maximum Gasteiger partial charge on any atom is 0.303 e. The first kappa shape index (κ1) is 16.9. The second-order valence-electron chi connectivity index (χ2n) is 5.02. The quantitative estimate of drug-likeness (QED) is 0.893. The van der Waals surface area contributed by atoms with E-state index in [2.05, 4.69) is 4.98 Å². The third-order valence-corrected chi connectivity index (χ3v) is 4.60. The van der Waals surface area contributed by atoms with Crippen LogP contribution < -0.4 is 9.62 Å². The second-order valence-corrected chi connectivity index (χ2v) is 6.90. The van der Waals surface area contributed by atoms with E-state index in [1.807, 2.05) is 47.0 Å². The van der Waals surface area contributed by atoms with E-state index in [1.54, 1.807) is 6.07 Å². The van der Waals surface area contributed by atoms with Gasteiger partial charge in [0, 0.05) is 33.0 Å². The van der Waals surface area contributed by atoms with Crippen LogP contribution in [0.4, 0.5) is 11.5 Å². The third kappa shape index (κ3) is 4.05. The standard InChI is InChI=1S/C15H18N4O3S/c1-18(2)23(21,22)17-15(20)12-9-10-14(16-11-12)19(3)13-7-5-4-6-8-13/h4-11H,1-3H3,(H,17,20). The van der Waals surface area contributed by atoms with Crippen molar-refractivity contribution in [2.24, 2.45) is 0 Å². The van der Waals surface area contributed by atoms with Gasteiger partial charge in [-0.2, -0.15) is 12.7 Å². The zero-order valence-corrected chi connectivity index (χ0v) is 13.9. The minimum Gasteiger partial charge on any atom is -0.329 e. The van der Waals surface area contributed by atoms with Crippen LogP contribution in [-0.2, 0) is 10.2 Å². The Morgan fingerprint density at radius 3 is 2.22 bits per heavy atom. The molecule has 0 aliphatic heterocycles. The van der Waals surface area contributed by atoms with Crippen LogP contribution in [0.1, 0.15) is 10.4 Å². The molecule has 122 valence electrons. The predicted molar refractivity (Wildman–Crippen MR) is 88.8 cm³/mol. The molecule has 0 bridgehead atoms. The molecule has 7 nitrogen and oxygen atoms in total. The normalized spacial score (nSPS) is 11.3. The van der Waals surface area contributed by atoms with Crippen LogP contribution in [0.3, 0.4) is 0 Å². The highest BCUT2D eigenvalue weighted by atomic mass is 32.2. The number of anilines is 2. The van der Waals surface area contributed by atoms with Gasteiger partial charge in [-0.25, -0.2) is 9.71 Å². The minimum atomic E-state index is -3.82. The Morgan fingerprint density at radius 1 is 1.04 bits per heavy atom. The SMILES string of the molecule is CN(c1ccccc1)c1ccc(C(=O)NS(=O)(=O)N(C)C)cn1. The molecule has 0 aliphatic rings. The third-order valence-electron chi connectivity index (χ3n) is 3.20. The number of carbonyl (C=O) groups excluding carboxylic acids is 1. The molecule has 2 rings (SSSR count). The highest BCUT2D eigenvalue weighted by Gasteiger charge is 2.18. The monoisotopic (exact) mass is 334 g/mol. The predicted octanol–water partition coefficient (Wildman–Crippen LogP) is 1.39. The van der Waals surface area contributed by atoms with Crippen LogP contribution in [0, 0.1) is 0 Å². The fraction of sp³-hybridized carbons (Fsp3) is 0.200. The van der Waals surface area contributed by atoms with Gasteiger partial charge in [-0.15, -0.1) is 0 Å². The van der Waals surface area contributed by atoms with Gasteiger partial charge < -0.3 is 4.90 Å². The van der Waals surface area contributed by atoms with Crippen molar-refractivity contribution in [2.75, 3.05) is 26.0 Å². The fourth-order valence-electron chi connectivity index (χ4n) is 1.77. The van der Waals surface area contributed by atoms with E-state index in [0.717, 1.165) is 9.99 Å². The van der Waals surface area contributed by atoms with Crippen LogP contribution in [0.25, 0.3) is 0 Å². The number of aromatic nitrogens is 1. The summed E-state index contributed by atoms with van der Waals surface area (Å²) >= 11 is 0. The molecule has 0 saturated heterocycles. The van der Waals surface area contributed by atoms with Crippen molar-refractivity contribution in [3.63, 3.8) is 0 Å². The van der Waals surface area contributed by atoms with Crippen LogP contribution in [0.15, 0.2) is 48.7 Å². The zero-order valence-electron chi connectivity index (χ0n) is 13.1. The number of para-hydroxylation sites is 1. The van der Waals surface area contributed by atoms with Gasteiger partial charge >= 0.3 is 10.2 Å². The van der Waals surface area contributed by atoms with Gasteiger partial charge in [0.1, 0.15) is 5.82 Å². The summed E-state index contributed by atoms with van der Waals surface area (Å²) in [5.41, 5.74) is 1.12. The van der Waals surface area contributed by atoms with Gasteiger partial charge in [0.15, 0.2) is 0 Å². The maximum atomic E-state index is 11.9. The minimum absolute atomic E-state index is 0.167. The molecule has 0 spiro atoms. The van der Waals surface area contributed by atoms with Gasteiger partial charge in [-0.1, -0.05) is 18.2 Å². The molecule has 8 heteroatoms. The molecule has 0 fully saturated rings. The smallest absolute Gasteiger partial charge is 0.303 e. The van der Waals surface area contributed by atoms with Gasteiger partial charge in [-0.3, -0.25) is 4.79 Å². The van der Waals surface area contributed by atoms with Crippen molar-refractivity contribution in [3.05, 3.63) is 54.2 Å². The average molecular weight is 334 g/mol. The van der Waals surface area contributed by atoms with Crippen molar-refractivity contribution in [2.45, 2.75) is 0 Å². The van der Waals surface area contributed by atoms with Crippen molar-refractivity contribution < 1.29 is 13.2 Å². The number of hydrogen-bond donors (Lipinski definition) is 1. The molecule has 1 aromatic carbocycles. The molecule has 1 amide bonds. The summed E-state index contributed by atoms with van der Waals surface area (Å²) in [4.78, 5) is 18.0. The van der Waals surface area contributed by atoms with E-state index in [1.165, 1.54) is 26.4 Å². The summed E-state index contributed by atoms with van der Waals surface area (Å²) in [6.07, 6.45) is 1.34. The summed E-state index contributed by atoms with van der Waals surface area (Å²) in [7, 11) is 0.714. The number of carbonyl (C=O) groups is 1. The van der Waals surface area contributed by atoms with E-state index >= 15 is 0 Å². The Labute approximate surface area is 135 Å². The molecule has 1 N–H and O–H groups in total. The lowest BCUT2D eigenvalue weighted by Crippen LogP contribution is -2.39. The molecule has 0 saturated carbocycles. The lowest BCUT2D eigenvalue weighted by atomic mass is 10.2. The summed E-state index contributed by atoms with van der Waals surface area (Å²) in [5, 5.41) is 0. The van der Waals surface area contributed by atoms with E-state index in [9.17, 15) is 13.2 Å². The molecule has 0 radical (unpaired) electrons. The van der Waals surface area contributed by atoms with Gasteiger partial charge in [-0.05, 0) is 24.3 Å². The van der Waals surface area contributed by atoms with Crippen molar-refractivity contribution >= 4 is 27.6 Å². The highest BCUT2D eigenvalue weighted by molar-refractivity contribution is 7.87. The summed E-state index contributed by atoms with van der Waals surface area (Å²) in [5.74, 6) is -0.0802. The number of nitrogens with one attached hydrogen (secondary N) is 1. The van der Waals surface area contributed by atoms with E-state index < -0.39 is 16.1 Å². The number of rotatable bonds is 5. The summed E-state index contributed by atoms with van der Waals surface area (Å²) in [6, 6.07) is 12.8. The van der Waals surface area contributed by atoms with Crippen molar-refractivity contribution in [3.8, 4) is 0 Å². The second kappa shape index (κ2) is 6.76. The molecule has 23 heavy (non-hydrogen) atoms. The summed E-state index contributed by atoms with van der Waals surface area (Å²) in [6.45, 7) is 0. The van der Waals surface area contributed by atoms with Crippen molar-refractivity contribution in [1.82, 2.24) is 14.0 Å². The van der Waals surface area contributed by atoms with Gasteiger partial charge in [0.2, 0.25) is 0 Å². The van der Waals surface area contributed by atoms with E-state index in [0.29, 0.717) is 5.82 Å². The number of benzene rings is 1. The fourth-order valence-corrected chi connectivity index (χ4v) is 2.30. The number of amides is 1.